The summed E-state index contributed by atoms with van der Waals surface area (Å²) in [6.45, 7) is 7.81. The molecule has 1 rings (SSSR count). The number of hydrogen-bond acceptors (Lipinski definition) is 3. The van der Waals surface area contributed by atoms with Crippen LogP contribution in [0.2, 0.25) is 0 Å². The molecule has 0 bridgehead atoms. The van der Waals surface area contributed by atoms with Gasteiger partial charge in [-0.05, 0) is 58.7 Å². The highest BCUT2D eigenvalue weighted by molar-refractivity contribution is 4.83. The molecule has 3 heteroatoms. The number of rotatable bonds is 9. The summed E-state index contributed by atoms with van der Waals surface area (Å²) in [5.41, 5.74) is -0.107. The fourth-order valence-corrected chi connectivity index (χ4v) is 2.30. The topological polar surface area (TPSA) is 35.5 Å². The average Bonchev–Trinajstić information content (AvgIpc) is 2.29. The zero-order valence-corrected chi connectivity index (χ0v) is 11.8. The summed E-state index contributed by atoms with van der Waals surface area (Å²) in [5, 5.41) is 12.9. The molecule has 0 aromatic carbocycles. The van der Waals surface area contributed by atoms with Crippen LogP contribution in [-0.4, -0.2) is 48.8 Å². The van der Waals surface area contributed by atoms with E-state index in [1.807, 2.05) is 0 Å². The molecule has 102 valence electrons. The van der Waals surface area contributed by atoms with Crippen molar-refractivity contribution < 1.29 is 5.11 Å². The highest BCUT2D eigenvalue weighted by Gasteiger charge is 2.24. The van der Waals surface area contributed by atoms with E-state index in [9.17, 15) is 5.11 Å². The SMILES string of the molecule is CCCNC(C)(CO)CCN(C)CC1CCC1. The van der Waals surface area contributed by atoms with Crippen LogP contribution in [0.4, 0.5) is 0 Å². The van der Waals surface area contributed by atoms with Crippen LogP contribution in [0.3, 0.4) is 0 Å². The van der Waals surface area contributed by atoms with E-state index in [4.69, 9.17) is 0 Å². The minimum Gasteiger partial charge on any atom is -0.394 e. The Labute approximate surface area is 107 Å². The molecule has 0 radical (unpaired) electrons. The molecule has 0 heterocycles. The number of aliphatic hydroxyl groups is 1. The van der Waals surface area contributed by atoms with E-state index in [1.165, 1.54) is 25.8 Å². The van der Waals surface area contributed by atoms with Gasteiger partial charge in [0.1, 0.15) is 0 Å². The van der Waals surface area contributed by atoms with Gasteiger partial charge in [0.25, 0.3) is 0 Å². The first-order valence-corrected chi connectivity index (χ1v) is 7.14. The summed E-state index contributed by atoms with van der Waals surface area (Å²) in [7, 11) is 2.20. The number of nitrogens with one attached hydrogen (secondary N) is 1. The van der Waals surface area contributed by atoms with Gasteiger partial charge in [-0.25, -0.2) is 0 Å². The van der Waals surface area contributed by atoms with Gasteiger partial charge in [0.2, 0.25) is 0 Å². The largest absolute Gasteiger partial charge is 0.394 e. The molecule has 1 aliphatic rings. The summed E-state index contributed by atoms with van der Waals surface area (Å²) in [5.74, 6) is 0.934. The Morgan fingerprint density at radius 2 is 2.12 bits per heavy atom. The van der Waals surface area contributed by atoms with Crippen molar-refractivity contribution >= 4 is 0 Å². The molecule has 1 unspecified atom stereocenters. The van der Waals surface area contributed by atoms with Crippen molar-refractivity contribution in [3.63, 3.8) is 0 Å². The van der Waals surface area contributed by atoms with Crippen LogP contribution in [0, 0.1) is 5.92 Å². The molecule has 0 spiro atoms. The Kier molecular flexibility index (Phi) is 6.45. The molecule has 1 atom stereocenters. The fourth-order valence-electron chi connectivity index (χ4n) is 2.30. The molecular weight excluding hydrogens is 212 g/mol. The number of hydrogen-bond donors (Lipinski definition) is 2. The summed E-state index contributed by atoms with van der Waals surface area (Å²) in [6, 6.07) is 0. The maximum Gasteiger partial charge on any atom is 0.0611 e. The van der Waals surface area contributed by atoms with Crippen molar-refractivity contribution in [3.8, 4) is 0 Å². The minimum absolute atomic E-state index is 0.107. The van der Waals surface area contributed by atoms with Crippen molar-refractivity contribution in [2.75, 3.05) is 33.3 Å². The summed E-state index contributed by atoms with van der Waals surface area (Å²) < 4.78 is 0. The third kappa shape index (κ3) is 5.36. The average molecular weight is 242 g/mol. The molecule has 1 saturated carbocycles. The third-order valence-corrected chi connectivity index (χ3v) is 3.99. The number of nitrogens with zero attached hydrogens (tertiary/aromatic N) is 1. The first-order valence-electron chi connectivity index (χ1n) is 7.14. The highest BCUT2D eigenvalue weighted by Crippen LogP contribution is 2.26. The van der Waals surface area contributed by atoms with Crippen molar-refractivity contribution in [2.45, 2.75) is 51.5 Å². The quantitative estimate of drug-likeness (QED) is 0.648. The normalized spacial score (nSPS) is 20.3. The Morgan fingerprint density at radius 3 is 2.59 bits per heavy atom. The highest BCUT2D eigenvalue weighted by atomic mass is 16.3. The Morgan fingerprint density at radius 1 is 1.41 bits per heavy atom. The van der Waals surface area contributed by atoms with Crippen LogP contribution >= 0.6 is 0 Å². The molecular formula is C14H30N2O. The molecule has 3 nitrogen and oxygen atoms in total. The predicted octanol–water partition coefficient (Wildman–Crippen LogP) is 1.86. The molecule has 1 fully saturated rings. The lowest BCUT2D eigenvalue weighted by Gasteiger charge is -2.34. The molecule has 0 aromatic heterocycles. The van der Waals surface area contributed by atoms with Crippen LogP contribution in [0.1, 0.15) is 46.0 Å². The zero-order valence-electron chi connectivity index (χ0n) is 11.8. The van der Waals surface area contributed by atoms with Gasteiger partial charge >= 0.3 is 0 Å². The van der Waals surface area contributed by atoms with Crippen molar-refractivity contribution in [1.82, 2.24) is 10.2 Å². The molecule has 0 aromatic rings. The number of aliphatic hydroxyl groups excluding tert-OH is 1. The van der Waals surface area contributed by atoms with Crippen LogP contribution < -0.4 is 5.32 Å². The molecule has 1 aliphatic carbocycles. The Bertz CT molecular complexity index is 206. The van der Waals surface area contributed by atoms with E-state index in [-0.39, 0.29) is 12.1 Å². The fraction of sp³-hybridized carbons (Fsp3) is 1.00. The second-order valence-corrected chi connectivity index (χ2v) is 5.95. The van der Waals surface area contributed by atoms with Crippen LogP contribution in [0.5, 0.6) is 0 Å². The predicted molar refractivity (Wildman–Crippen MR) is 73.2 cm³/mol. The Hall–Kier alpha value is -0.120. The van der Waals surface area contributed by atoms with E-state index in [2.05, 4.69) is 31.1 Å². The van der Waals surface area contributed by atoms with Gasteiger partial charge in [-0.3, -0.25) is 0 Å². The maximum absolute atomic E-state index is 9.48. The maximum atomic E-state index is 9.48. The summed E-state index contributed by atoms with van der Waals surface area (Å²) in [4.78, 5) is 2.42. The van der Waals surface area contributed by atoms with Gasteiger partial charge in [0, 0.05) is 12.1 Å². The second-order valence-electron chi connectivity index (χ2n) is 5.95. The van der Waals surface area contributed by atoms with Crippen LogP contribution in [0.15, 0.2) is 0 Å². The van der Waals surface area contributed by atoms with E-state index in [1.54, 1.807) is 0 Å². The zero-order chi connectivity index (χ0) is 12.7. The van der Waals surface area contributed by atoms with Crippen molar-refractivity contribution in [1.29, 1.82) is 0 Å². The smallest absolute Gasteiger partial charge is 0.0611 e. The molecule has 0 saturated heterocycles. The Balaban J connectivity index is 2.20. The second kappa shape index (κ2) is 7.34. The van der Waals surface area contributed by atoms with Gasteiger partial charge in [0.15, 0.2) is 0 Å². The van der Waals surface area contributed by atoms with Gasteiger partial charge in [0.05, 0.1) is 6.61 Å². The first kappa shape index (κ1) is 14.9. The van der Waals surface area contributed by atoms with Crippen LogP contribution in [0.25, 0.3) is 0 Å². The molecule has 0 amide bonds. The van der Waals surface area contributed by atoms with Crippen LogP contribution in [-0.2, 0) is 0 Å². The lowest BCUT2D eigenvalue weighted by Crippen LogP contribution is -2.48. The van der Waals surface area contributed by atoms with Gasteiger partial charge < -0.3 is 15.3 Å². The lowest BCUT2D eigenvalue weighted by molar-refractivity contribution is 0.139. The van der Waals surface area contributed by atoms with E-state index in [0.717, 1.165) is 31.8 Å². The van der Waals surface area contributed by atoms with Gasteiger partial charge in [-0.1, -0.05) is 13.3 Å². The summed E-state index contributed by atoms with van der Waals surface area (Å²) >= 11 is 0. The van der Waals surface area contributed by atoms with E-state index in [0.29, 0.717) is 0 Å². The van der Waals surface area contributed by atoms with E-state index < -0.39 is 0 Å². The first-order chi connectivity index (χ1) is 8.09. The van der Waals surface area contributed by atoms with Crippen molar-refractivity contribution in [3.05, 3.63) is 0 Å². The van der Waals surface area contributed by atoms with Gasteiger partial charge in [-0.2, -0.15) is 0 Å². The molecule has 0 aliphatic heterocycles. The monoisotopic (exact) mass is 242 g/mol. The van der Waals surface area contributed by atoms with E-state index >= 15 is 0 Å². The van der Waals surface area contributed by atoms with Crippen molar-refractivity contribution in [2.24, 2.45) is 5.92 Å². The lowest BCUT2D eigenvalue weighted by atomic mass is 9.85. The third-order valence-electron chi connectivity index (χ3n) is 3.99. The standard InChI is InChI=1S/C14H30N2O/c1-4-9-15-14(2,12-17)8-10-16(3)11-13-6-5-7-13/h13,15,17H,4-12H2,1-3H3. The minimum atomic E-state index is -0.107. The molecule has 2 N–H and O–H groups in total. The molecule has 17 heavy (non-hydrogen) atoms. The van der Waals surface area contributed by atoms with Gasteiger partial charge in [-0.15, -0.1) is 0 Å². The summed E-state index contributed by atoms with van der Waals surface area (Å²) in [6.07, 6.45) is 6.39.